The minimum absolute atomic E-state index is 0.152. The molecule has 1 aromatic heterocycles. The first-order valence-electron chi connectivity index (χ1n) is 11.2. The lowest BCUT2D eigenvalue weighted by Gasteiger charge is -2.36. The van der Waals surface area contributed by atoms with E-state index >= 15 is 0 Å². The highest BCUT2D eigenvalue weighted by atomic mass is 16.6. The summed E-state index contributed by atoms with van der Waals surface area (Å²) in [6.07, 6.45) is 0.0857. The number of carbonyl (C=O) groups excluding carboxylic acids is 2. The van der Waals surface area contributed by atoms with Crippen molar-refractivity contribution in [3.05, 3.63) is 41.1 Å². The first-order chi connectivity index (χ1) is 15.6. The quantitative estimate of drug-likeness (QED) is 0.661. The van der Waals surface area contributed by atoms with Crippen LogP contribution in [-0.2, 0) is 20.7 Å². The molecule has 0 radical (unpaired) electrons. The van der Waals surface area contributed by atoms with E-state index < -0.39 is 23.7 Å². The lowest BCUT2D eigenvalue weighted by molar-refractivity contribution is -0.143. The summed E-state index contributed by atoms with van der Waals surface area (Å²) in [5.74, 6) is 0.143. The van der Waals surface area contributed by atoms with E-state index in [4.69, 9.17) is 19.9 Å². The molecule has 1 atom stereocenters. The molecule has 180 valence electrons. The smallest absolute Gasteiger partial charge is 0.410 e. The summed E-state index contributed by atoms with van der Waals surface area (Å²) in [6.45, 7) is 10.0. The average molecular weight is 459 g/mol. The monoisotopic (exact) mass is 458 g/mol. The molecule has 0 saturated heterocycles. The lowest BCUT2D eigenvalue weighted by Crippen LogP contribution is -2.45. The second-order valence-corrected chi connectivity index (χ2v) is 9.36. The van der Waals surface area contributed by atoms with Crippen molar-refractivity contribution in [2.24, 2.45) is 5.73 Å². The van der Waals surface area contributed by atoms with Gasteiger partial charge in [0.15, 0.2) is 6.61 Å². The van der Waals surface area contributed by atoms with Gasteiger partial charge in [-0.1, -0.05) is 26.0 Å². The van der Waals surface area contributed by atoms with E-state index in [1.807, 2.05) is 32.9 Å². The third-order valence-electron chi connectivity index (χ3n) is 5.50. The largest absolute Gasteiger partial charge is 0.466 e. The Morgan fingerprint density at radius 3 is 2.42 bits per heavy atom. The number of fused-ring (bicyclic) bond motifs is 1. The van der Waals surface area contributed by atoms with Gasteiger partial charge in [0, 0.05) is 19.5 Å². The first kappa shape index (κ1) is 24.6. The van der Waals surface area contributed by atoms with Crippen molar-refractivity contribution in [3.63, 3.8) is 0 Å². The van der Waals surface area contributed by atoms with Crippen LogP contribution in [0.5, 0.6) is 5.88 Å². The molecule has 0 aliphatic carbocycles. The fourth-order valence-electron chi connectivity index (χ4n) is 3.85. The molecule has 2 N–H and O–H groups in total. The van der Waals surface area contributed by atoms with Gasteiger partial charge >= 0.3 is 12.1 Å². The minimum Gasteiger partial charge on any atom is -0.466 e. The van der Waals surface area contributed by atoms with E-state index in [0.717, 1.165) is 11.4 Å². The predicted octanol–water partition coefficient (Wildman–Crippen LogP) is 3.34. The third-order valence-corrected chi connectivity index (χ3v) is 5.50. The van der Waals surface area contributed by atoms with Crippen molar-refractivity contribution in [3.8, 4) is 11.6 Å². The Morgan fingerprint density at radius 1 is 1.21 bits per heavy atom. The van der Waals surface area contributed by atoms with Gasteiger partial charge in [0.2, 0.25) is 5.88 Å². The van der Waals surface area contributed by atoms with Gasteiger partial charge in [0.1, 0.15) is 5.60 Å². The van der Waals surface area contributed by atoms with E-state index in [2.05, 4.69) is 31.1 Å². The van der Waals surface area contributed by atoms with Crippen molar-refractivity contribution in [1.82, 2.24) is 14.7 Å². The molecular formula is C24H34N4O5. The van der Waals surface area contributed by atoms with Crippen LogP contribution in [-0.4, -0.2) is 59.2 Å². The number of aromatic nitrogens is 2. The summed E-state index contributed by atoms with van der Waals surface area (Å²) < 4.78 is 17.8. The molecule has 9 nitrogen and oxygen atoms in total. The van der Waals surface area contributed by atoms with Crippen LogP contribution in [0.3, 0.4) is 0 Å². The highest BCUT2D eigenvalue weighted by molar-refractivity contribution is 5.71. The van der Waals surface area contributed by atoms with Gasteiger partial charge in [-0.25, -0.2) is 14.3 Å². The van der Waals surface area contributed by atoms with Crippen molar-refractivity contribution in [2.45, 2.75) is 58.6 Å². The number of ether oxygens (including phenoxy) is 3. The van der Waals surface area contributed by atoms with Crippen molar-refractivity contribution in [2.75, 3.05) is 26.8 Å². The molecule has 9 heteroatoms. The number of methoxy groups -OCH3 is 1. The number of amides is 1. The highest BCUT2D eigenvalue weighted by Crippen LogP contribution is 2.38. The fraction of sp³-hybridized carbons (Fsp3) is 0.542. The van der Waals surface area contributed by atoms with Crippen LogP contribution in [0.25, 0.3) is 5.69 Å². The Labute approximate surface area is 194 Å². The van der Waals surface area contributed by atoms with Crippen LogP contribution < -0.4 is 10.5 Å². The molecule has 3 rings (SSSR count). The van der Waals surface area contributed by atoms with Gasteiger partial charge in [0.05, 0.1) is 30.1 Å². The Kier molecular flexibility index (Phi) is 7.31. The molecule has 0 saturated carbocycles. The van der Waals surface area contributed by atoms with Crippen LogP contribution in [0.15, 0.2) is 24.3 Å². The van der Waals surface area contributed by atoms with Gasteiger partial charge in [-0.05, 0) is 44.4 Å². The number of esters is 1. The van der Waals surface area contributed by atoms with E-state index in [1.54, 1.807) is 9.58 Å². The summed E-state index contributed by atoms with van der Waals surface area (Å²) in [7, 11) is 1.29. The normalized spacial score (nSPS) is 15.9. The van der Waals surface area contributed by atoms with Gasteiger partial charge in [-0.2, -0.15) is 0 Å². The average Bonchev–Trinajstić information content (AvgIpc) is 3.14. The molecule has 2 heterocycles. The van der Waals surface area contributed by atoms with E-state index in [1.165, 1.54) is 12.7 Å². The number of hydrogen-bond acceptors (Lipinski definition) is 7. The molecule has 33 heavy (non-hydrogen) atoms. The number of nitrogens with two attached hydrogens (primary N) is 1. The number of hydrogen-bond donors (Lipinski definition) is 1. The topological polar surface area (TPSA) is 109 Å². The molecular weight excluding hydrogens is 424 g/mol. The highest BCUT2D eigenvalue weighted by Gasteiger charge is 2.38. The van der Waals surface area contributed by atoms with Crippen molar-refractivity contribution >= 4 is 12.1 Å². The maximum absolute atomic E-state index is 12.9. The van der Waals surface area contributed by atoms with Crippen LogP contribution in [0.2, 0.25) is 0 Å². The standard InChI is InChI=1S/C24H34N4O5/c1-15(2)16-7-9-17(10-8-16)28-18-11-12-27(23(30)33-24(3,4)5)19(13-25)21(18)22(26-28)32-14-20(29)31-6/h7-10,15,19H,11-14,25H2,1-6H3. The SMILES string of the molecule is COC(=O)COc1nn(-c2ccc(C(C)C)cc2)c2c1C(CN)N(C(=O)OC(C)(C)C)CC2. The molecule has 2 aromatic rings. The van der Waals surface area contributed by atoms with Crippen LogP contribution in [0.1, 0.15) is 63.4 Å². The fourth-order valence-corrected chi connectivity index (χ4v) is 3.85. The summed E-state index contributed by atoms with van der Waals surface area (Å²) in [6, 6.07) is 7.65. The van der Waals surface area contributed by atoms with Crippen molar-refractivity contribution in [1.29, 1.82) is 0 Å². The second kappa shape index (κ2) is 9.82. The summed E-state index contributed by atoms with van der Waals surface area (Å²) in [5.41, 5.74) is 9.16. The molecule has 1 amide bonds. The number of carbonyl (C=O) groups is 2. The van der Waals surface area contributed by atoms with E-state index in [9.17, 15) is 9.59 Å². The number of nitrogens with zero attached hydrogens (tertiary/aromatic N) is 3. The molecule has 0 bridgehead atoms. The first-order valence-corrected chi connectivity index (χ1v) is 11.2. The number of rotatable bonds is 6. The third kappa shape index (κ3) is 5.47. The van der Waals surface area contributed by atoms with Gasteiger partial charge in [-0.3, -0.25) is 4.90 Å². The molecule has 0 spiro atoms. The van der Waals surface area contributed by atoms with Gasteiger partial charge in [0.25, 0.3) is 0 Å². The summed E-state index contributed by atoms with van der Waals surface area (Å²) in [4.78, 5) is 26.2. The maximum Gasteiger partial charge on any atom is 0.410 e. The van der Waals surface area contributed by atoms with Crippen LogP contribution in [0.4, 0.5) is 4.79 Å². The Bertz CT molecular complexity index is 992. The summed E-state index contributed by atoms with van der Waals surface area (Å²) >= 11 is 0. The Hall–Kier alpha value is -3.07. The predicted molar refractivity (Wildman–Crippen MR) is 124 cm³/mol. The number of benzene rings is 1. The van der Waals surface area contributed by atoms with Crippen molar-refractivity contribution < 1.29 is 23.8 Å². The van der Waals surface area contributed by atoms with Gasteiger partial charge in [-0.15, -0.1) is 5.10 Å². The van der Waals surface area contributed by atoms with Crippen LogP contribution in [0, 0.1) is 0 Å². The Balaban J connectivity index is 2.04. The van der Waals surface area contributed by atoms with E-state index in [0.29, 0.717) is 24.4 Å². The second-order valence-electron chi connectivity index (χ2n) is 9.36. The lowest BCUT2D eigenvalue weighted by atomic mass is 9.98. The minimum atomic E-state index is -0.636. The molecule has 1 aliphatic rings. The molecule has 0 fully saturated rings. The van der Waals surface area contributed by atoms with Crippen LogP contribution >= 0.6 is 0 Å². The zero-order valence-corrected chi connectivity index (χ0v) is 20.3. The van der Waals surface area contributed by atoms with E-state index in [-0.39, 0.29) is 19.0 Å². The Morgan fingerprint density at radius 2 is 1.88 bits per heavy atom. The zero-order valence-electron chi connectivity index (χ0n) is 20.3. The van der Waals surface area contributed by atoms with Gasteiger partial charge < -0.3 is 19.9 Å². The molecule has 1 unspecified atom stereocenters. The summed E-state index contributed by atoms with van der Waals surface area (Å²) in [5, 5.41) is 4.66. The zero-order chi connectivity index (χ0) is 24.3. The molecule has 1 aliphatic heterocycles. The maximum atomic E-state index is 12.9. The molecule has 1 aromatic carbocycles.